The molecule has 0 unspecified atom stereocenters. The summed E-state index contributed by atoms with van der Waals surface area (Å²) in [6.45, 7) is 6.55. The Hall–Kier alpha value is -3.38. The van der Waals surface area contributed by atoms with Crippen molar-refractivity contribution in [3.8, 4) is 23.8 Å². The van der Waals surface area contributed by atoms with Gasteiger partial charge in [0.05, 0.1) is 38.6 Å². The third-order valence-corrected chi connectivity index (χ3v) is 6.43. The minimum atomic E-state index is 0.0836. The van der Waals surface area contributed by atoms with Crippen LogP contribution in [-0.4, -0.2) is 73.6 Å². The second-order valence-corrected chi connectivity index (χ2v) is 8.97. The maximum atomic E-state index is 6.44. The first-order valence-electron chi connectivity index (χ1n) is 12.6. The van der Waals surface area contributed by atoms with Gasteiger partial charge in [0.1, 0.15) is 18.2 Å². The Labute approximate surface area is 211 Å². The van der Waals surface area contributed by atoms with Crippen molar-refractivity contribution in [1.82, 2.24) is 14.9 Å². The van der Waals surface area contributed by atoms with Crippen molar-refractivity contribution in [3.63, 3.8) is 0 Å². The molecule has 2 fully saturated rings. The molecule has 1 N–H and O–H groups in total. The third-order valence-electron chi connectivity index (χ3n) is 6.43. The van der Waals surface area contributed by atoms with E-state index in [4.69, 9.17) is 25.4 Å². The molecule has 5 rings (SSSR count). The summed E-state index contributed by atoms with van der Waals surface area (Å²) < 4.78 is 23.6. The fraction of sp³-hybridized carbons (Fsp3) is 0.429. The summed E-state index contributed by atoms with van der Waals surface area (Å²) in [4.78, 5) is 11.4. The molecule has 0 aliphatic carbocycles. The second-order valence-electron chi connectivity index (χ2n) is 8.97. The molecule has 3 aromatic rings. The number of rotatable bonds is 9. The first-order valence-corrected chi connectivity index (χ1v) is 12.6. The molecule has 2 aromatic carbocycles. The van der Waals surface area contributed by atoms with Gasteiger partial charge in [0, 0.05) is 55.2 Å². The number of ether oxygens (including phenoxy) is 4. The Morgan fingerprint density at radius 2 is 1.86 bits per heavy atom. The number of fused-ring (bicyclic) bond motifs is 1. The highest BCUT2D eigenvalue weighted by atomic mass is 16.5. The molecular weight excluding hydrogens is 456 g/mol. The van der Waals surface area contributed by atoms with Gasteiger partial charge in [0.2, 0.25) is 0 Å². The summed E-state index contributed by atoms with van der Waals surface area (Å²) in [7, 11) is 0. The van der Waals surface area contributed by atoms with Crippen LogP contribution in [0, 0.1) is 12.3 Å². The van der Waals surface area contributed by atoms with Crippen LogP contribution in [-0.2, 0) is 9.47 Å². The van der Waals surface area contributed by atoms with Crippen molar-refractivity contribution in [3.05, 3.63) is 48.3 Å². The highest BCUT2D eigenvalue weighted by molar-refractivity contribution is 5.93. The number of terminal acetylenes is 1. The van der Waals surface area contributed by atoms with E-state index < -0.39 is 0 Å². The molecule has 36 heavy (non-hydrogen) atoms. The Morgan fingerprint density at radius 1 is 1.03 bits per heavy atom. The largest absolute Gasteiger partial charge is 0.490 e. The molecular formula is C28H32N4O4. The average molecular weight is 489 g/mol. The van der Waals surface area contributed by atoms with Gasteiger partial charge in [-0.2, -0.15) is 0 Å². The lowest BCUT2D eigenvalue weighted by molar-refractivity contribution is 0.0240. The Kier molecular flexibility index (Phi) is 8.13. The zero-order chi connectivity index (χ0) is 24.6. The highest BCUT2D eigenvalue weighted by Gasteiger charge is 2.20. The van der Waals surface area contributed by atoms with Crippen LogP contribution in [0.4, 0.5) is 11.5 Å². The Bertz CT molecular complexity index is 1200. The van der Waals surface area contributed by atoms with Gasteiger partial charge in [-0.25, -0.2) is 9.97 Å². The lowest BCUT2D eigenvalue weighted by Gasteiger charge is -2.27. The summed E-state index contributed by atoms with van der Waals surface area (Å²) in [5, 5.41) is 4.23. The molecule has 0 spiro atoms. The molecule has 0 bridgehead atoms. The van der Waals surface area contributed by atoms with Crippen molar-refractivity contribution in [2.75, 3.05) is 58.0 Å². The molecule has 2 aliphatic heterocycles. The minimum Gasteiger partial charge on any atom is -0.490 e. The van der Waals surface area contributed by atoms with Gasteiger partial charge < -0.3 is 24.3 Å². The summed E-state index contributed by atoms with van der Waals surface area (Å²) in [6.07, 6.45) is 9.83. The minimum absolute atomic E-state index is 0.0836. The number of nitrogens with zero attached hydrogens (tertiary/aromatic N) is 3. The van der Waals surface area contributed by atoms with E-state index in [1.807, 2.05) is 36.4 Å². The number of hydrogen-bond acceptors (Lipinski definition) is 8. The van der Waals surface area contributed by atoms with E-state index in [9.17, 15) is 0 Å². The van der Waals surface area contributed by atoms with E-state index in [2.05, 4.69) is 26.1 Å². The molecule has 8 nitrogen and oxygen atoms in total. The Morgan fingerprint density at radius 3 is 2.69 bits per heavy atom. The lowest BCUT2D eigenvalue weighted by atomic mass is 10.1. The van der Waals surface area contributed by atoms with Crippen molar-refractivity contribution in [2.24, 2.45) is 0 Å². The van der Waals surface area contributed by atoms with E-state index in [0.717, 1.165) is 74.3 Å². The normalized spacial score (nSPS) is 17.0. The number of aromatic nitrogens is 2. The van der Waals surface area contributed by atoms with E-state index in [1.54, 1.807) is 6.33 Å². The third kappa shape index (κ3) is 6.24. The standard InChI is InChI=1S/C28H32N4O4/c1-2-21-5-3-6-22(17-21)31-28-24-18-27(36-23-7-13-33-14-8-23)26(19-25(24)29-20-30-28)35-12-4-9-32-10-15-34-16-11-32/h1,3,5-6,17-20,23H,4,7-16H2,(H,29,30,31). The quantitative estimate of drug-likeness (QED) is 0.358. The van der Waals surface area contributed by atoms with E-state index in [0.29, 0.717) is 37.1 Å². The first kappa shape index (κ1) is 24.3. The second kappa shape index (κ2) is 12.0. The van der Waals surface area contributed by atoms with Crippen molar-refractivity contribution in [1.29, 1.82) is 0 Å². The van der Waals surface area contributed by atoms with Crippen molar-refractivity contribution < 1.29 is 18.9 Å². The smallest absolute Gasteiger partial charge is 0.163 e. The van der Waals surface area contributed by atoms with Crippen LogP contribution in [0.1, 0.15) is 24.8 Å². The molecule has 8 heteroatoms. The monoisotopic (exact) mass is 488 g/mol. The molecule has 0 radical (unpaired) electrons. The molecule has 0 amide bonds. The van der Waals surface area contributed by atoms with E-state index in [1.165, 1.54) is 0 Å². The number of nitrogens with one attached hydrogen (secondary N) is 1. The molecule has 0 saturated carbocycles. The summed E-state index contributed by atoms with van der Waals surface area (Å²) in [5.74, 6) is 4.76. The maximum absolute atomic E-state index is 6.44. The van der Waals surface area contributed by atoms with Gasteiger partial charge in [-0.15, -0.1) is 6.42 Å². The maximum Gasteiger partial charge on any atom is 0.163 e. The van der Waals surface area contributed by atoms with Gasteiger partial charge >= 0.3 is 0 Å². The van der Waals surface area contributed by atoms with Crippen LogP contribution >= 0.6 is 0 Å². The number of benzene rings is 2. The zero-order valence-electron chi connectivity index (χ0n) is 20.4. The SMILES string of the molecule is C#Cc1cccc(Nc2ncnc3cc(OCCCN4CCOCC4)c(OC4CCOCC4)cc23)c1. The van der Waals surface area contributed by atoms with Crippen LogP contribution in [0.25, 0.3) is 10.9 Å². The van der Waals surface area contributed by atoms with Crippen LogP contribution in [0.15, 0.2) is 42.7 Å². The Balaban J connectivity index is 1.37. The molecule has 188 valence electrons. The van der Waals surface area contributed by atoms with Gasteiger partial charge in [0.15, 0.2) is 11.5 Å². The van der Waals surface area contributed by atoms with E-state index in [-0.39, 0.29) is 6.10 Å². The van der Waals surface area contributed by atoms with Gasteiger partial charge in [0.25, 0.3) is 0 Å². The summed E-state index contributed by atoms with van der Waals surface area (Å²) in [5.41, 5.74) is 2.44. The molecule has 2 aliphatic rings. The average Bonchev–Trinajstić information content (AvgIpc) is 2.93. The van der Waals surface area contributed by atoms with Crippen LogP contribution in [0.5, 0.6) is 11.5 Å². The molecule has 1 aromatic heterocycles. The highest BCUT2D eigenvalue weighted by Crippen LogP contribution is 2.36. The van der Waals surface area contributed by atoms with Gasteiger partial charge in [-0.1, -0.05) is 12.0 Å². The fourth-order valence-electron chi connectivity index (χ4n) is 4.46. The number of anilines is 2. The first-order chi connectivity index (χ1) is 17.8. The zero-order valence-corrected chi connectivity index (χ0v) is 20.4. The van der Waals surface area contributed by atoms with Crippen molar-refractivity contribution in [2.45, 2.75) is 25.4 Å². The lowest BCUT2D eigenvalue weighted by Crippen LogP contribution is -2.37. The number of hydrogen-bond donors (Lipinski definition) is 1. The summed E-state index contributed by atoms with van der Waals surface area (Å²) >= 11 is 0. The van der Waals surface area contributed by atoms with Crippen LogP contribution in [0.3, 0.4) is 0 Å². The fourth-order valence-corrected chi connectivity index (χ4v) is 4.46. The number of morpholine rings is 1. The van der Waals surface area contributed by atoms with Crippen molar-refractivity contribution >= 4 is 22.4 Å². The predicted octanol–water partition coefficient (Wildman–Crippen LogP) is 4.01. The van der Waals surface area contributed by atoms with E-state index >= 15 is 0 Å². The molecule has 0 atom stereocenters. The van der Waals surface area contributed by atoms with Gasteiger partial charge in [-0.05, 0) is 30.7 Å². The topological polar surface area (TPSA) is 78.0 Å². The predicted molar refractivity (Wildman–Crippen MR) is 139 cm³/mol. The van der Waals surface area contributed by atoms with Crippen LogP contribution < -0.4 is 14.8 Å². The molecule has 3 heterocycles. The molecule has 2 saturated heterocycles. The summed E-state index contributed by atoms with van der Waals surface area (Å²) in [6, 6.07) is 11.6. The van der Waals surface area contributed by atoms with Gasteiger partial charge in [-0.3, -0.25) is 4.90 Å². The van der Waals surface area contributed by atoms with Crippen LogP contribution in [0.2, 0.25) is 0 Å².